The van der Waals surface area contributed by atoms with E-state index in [1.165, 1.54) is 4.80 Å². The van der Waals surface area contributed by atoms with Crippen LogP contribution in [0.15, 0.2) is 36.4 Å². The number of hydrogen-bond donors (Lipinski definition) is 1. The zero-order chi connectivity index (χ0) is 12.7. The first-order valence-corrected chi connectivity index (χ1v) is 5.78. The Morgan fingerprint density at radius 1 is 1.06 bits per heavy atom. The van der Waals surface area contributed by atoms with E-state index in [2.05, 4.69) is 10.2 Å². The van der Waals surface area contributed by atoms with E-state index < -0.39 is 0 Å². The summed E-state index contributed by atoms with van der Waals surface area (Å²) in [5.41, 5.74) is 4.42. The first-order chi connectivity index (χ1) is 8.65. The smallest absolute Gasteiger partial charge is 0.143 e. The molecular formula is C14H13N3O. The number of phenols is 1. The highest BCUT2D eigenvalue weighted by atomic mass is 16.3. The maximum atomic E-state index is 9.88. The van der Waals surface area contributed by atoms with E-state index in [-0.39, 0.29) is 5.75 Å². The van der Waals surface area contributed by atoms with Crippen LogP contribution in [-0.4, -0.2) is 20.1 Å². The number of phenolic OH excluding ortho intramolecular Hbond substituents is 1. The predicted molar refractivity (Wildman–Crippen MR) is 70.0 cm³/mol. The van der Waals surface area contributed by atoms with E-state index in [0.29, 0.717) is 5.69 Å². The molecule has 0 aliphatic carbocycles. The lowest BCUT2D eigenvalue weighted by Crippen LogP contribution is -1.99. The SMILES string of the molecule is Cc1ccc(O)c(-n2nc3cccc(C)c3n2)c1. The third kappa shape index (κ3) is 1.62. The van der Waals surface area contributed by atoms with Crippen LogP contribution in [0.1, 0.15) is 11.1 Å². The van der Waals surface area contributed by atoms with Crippen LogP contribution in [-0.2, 0) is 0 Å². The van der Waals surface area contributed by atoms with Gasteiger partial charge in [0, 0.05) is 0 Å². The van der Waals surface area contributed by atoms with Gasteiger partial charge in [0.1, 0.15) is 22.5 Å². The number of aromatic hydroxyl groups is 1. The third-order valence-electron chi connectivity index (χ3n) is 2.96. The summed E-state index contributed by atoms with van der Waals surface area (Å²) >= 11 is 0. The fourth-order valence-corrected chi connectivity index (χ4v) is 1.97. The van der Waals surface area contributed by atoms with Crippen LogP contribution in [0.5, 0.6) is 5.75 Å². The van der Waals surface area contributed by atoms with E-state index in [9.17, 15) is 5.11 Å². The van der Waals surface area contributed by atoms with E-state index in [1.54, 1.807) is 6.07 Å². The van der Waals surface area contributed by atoms with Gasteiger partial charge in [-0.15, -0.1) is 15.0 Å². The van der Waals surface area contributed by atoms with Gasteiger partial charge < -0.3 is 5.11 Å². The number of nitrogens with zero attached hydrogens (tertiary/aromatic N) is 3. The molecule has 4 heteroatoms. The van der Waals surface area contributed by atoms with Crippen molar-refractivity contribution in [2.45, 2.75) is 13.8 Å². The lowest BCUT2D eigenvalue weighted by molar-refractivity contribution is 0.467. The topological polar surface area (TPSA) is 50.9 Å². The quantitative estimate of drug-likeness (QED) is 0.710. The van der Waals surface area contributed by atoms with E-state index in [1.807, 2.05) is 44.2 Å². The average Bonchev–Trinajstić information content (AvgIpc) is 2.77. The molecular weight excluding hydrogens is 226 g/mol. The van der Waals surface area contributed by atoms with Crippen molar-refractivity contribution in [2.24, 2.45) is 0 Å². The Bertz CT molecular complexity index is 731. The van der Waals surface area contributed by atoms with Crippen molar-refractivity contribution in [1.29, 1.82) is 0 Å². The summed E-state index contributed by atoms with van der Waals surface area (Å²) in [6.45, 7) is 3.97. The summed E-state index contributed by atoms with van der Waals surface area (Å²) < 4.78 is 0. The van der Waals surface area contributed by atoms with Crippen molar-refractivity contribution in [3.05, 3.63) is 47.5 Å². The summed E-state index contributed by atoms with van der Waals surface area (Å²) in [7, 11) is 0. The van der Waals surface area contributed by atoms with Crippen LogP contribution < -0.4 is 0 Å². The van der Waals surface area contributed by atoms with Crippen LogP contribution >= 0.6 is 0 Å². The maximum Gasteiger partial charge on any atom is 0.143 e. The van der Waals surface area contributed by atoms with Crippen LogP contribution in [0.4, 0.5) is 0 Å². The van der Waals surface area contributed by atoms with Gasteiger partial charge in [-0.2, -0.15) is 0 Å². The molecule has 0 amide bonds. The van der Waals surface area contributed by atoms with Gasteiger partial charge >= 0.3 is 0 Å². The Kier molecular flexibility index (Phi) is 2.30. The summed E-state index contributed by atoms with van der Waals surface area (Å²) in [6.07, 6.45) is 0. The van der Waals surface area contributed by atoms with Crippen molar-refractivity contribution in [1.82, 2.24) is 15.0 Å². The van der Waals surface area contributed by atoms with Crippen molar-refractivity contribution >= 4 is 11.0 Å². The molecule has 0 radical (unpaired) electrons. The Balaban J connectivity index is 2.26. The number of hydrogen-bond acceptors (Lipinski definition) is 3. The van der Waals surface area contributed by atoms with Gasteiger partial charge in [-0.05, 0) is 43.2 Å². The molecule has 0 aliphatic rings. The van der Waals surface area contributed by atoms with Crippen molar-refractivity contribution in [3.8, 4) is 11.4 Å². The zero-order valence-electron chi connectivity index (χ0n) is 10.3. The molecule has 0 aliphatic heterocycles. The normalized spacial score (nSPS) is 11.0. The van der Waals surface area contributed by atoms with Crippen LogP contribution in [0.3, 0.4) is 0 Å². The van der Waals surface area contributed by atoms with E-state index in [0.717, 1.165) is 22.2 Å². The average molecular weight is 239 g/mol. The molecule has 18 heavy (non-hydrogen) atoms. The highest BCUT2D eigenvalue weighted by Gasteiger charge is 2.09. The molecule has 1 aromatic heterocycles. The number of benzene rings is 2. The van der Waals surface area contributed by atoms with E-state index >= 15 is 0 Å². The van der Waals surface area contributed by atoms with Gasteiger partial charge in [0.05, 0.1) is 0 Å². The molecule has 0 saturated carbocycles. The maximum absolute atomic E-state index is 9.88. The van der Waals surface area contributed by atoms with Gasteiger partial charge in [-0.25, -0.2) is 0 Å². The van der Waals surface area contributed by atoms with Gasteiger partial charge in [0.15, 0.2) is 0 Å². The second-order valence-electron chi connectivity index (χ2n) is 4.42. The molecule has 2 aromatic carbocycles. The highest BCUT2D eigenvalue weighted by Crippen LogP contribution is 2.23. The molecule has 0 fully saturated rings. The fourth-order valence-electron chi connectivity index (χ4n) is 1.97. The summed E-state index contributed by atoms with van der Waals surface area (Å²) in [5, 5.41) is 18.7. The van der Waals surface area contributed by atoms with Crippen LogP contribution in [0.25, 0.3) is 16.7 Å². The zero-order valence-corrected chi connectivity index (χ0v) is 10.3. The minimum atomic E-state index is 0.179. The number of fused-ring (bicyclic) bond motifs is 1. The van der Waals surface area contributed by atoms with Crippen LogP contribution in [0, 0.1) is 13.8 Å². The molecule has 0 saturated heterocycles. The molecule has 0 unspecified atom stereocenters. The minimum absolute atomic E-state index is 0.179. The standard InChI is InChI=1S/C14H13N3O/c1-9-6-7-13(18)12(8-9)17-15-11-5-3-4-10(2)14(11)16-17/h3-8,18H,1-2H3. The lowest BCUT2D eigenvalue weighted by Gasteiger charge is -2.03. The Labute approximate surface area is 104 Å². The largest absolute Gasteiger partial charge is 0.506 e. The molecule has 0 bridgehead atoms. The minimum Gasteiger partial charge on any atom is -0.506 e. The van der Waals surface area contributed by atoms with Gasteiger partial charge in [-0.1, -0.05) is 18.2 Å². The second kappa shape index (κ2) is 3.84. The molecule has 3 aromatic rings. The van der Waals surface area contributed by atoms with E-state index in [4.69, 9.17) is 0 Å². The number of aromatic nitrogens is 3. The predicted octanol–water partition coefficient (Wildman–Crippen LogP) is 2.74. The van der Waals surface area contributed by atoms with Crippen molar-refractivity contribution in [3.63, 3.8) is 0 Å². The molecule has 0 atom stereocenters. The molecule has 90 valence electrons. The molecule has 3 rings (SSSR count). The van der Waals surface area contributed by atoms with Gasteiger partial charge in [0.2, 0.25) is 0 Å². The summed E-state index contributed by atoms with van der Waals surface area (Å²) in [5.74, 6) is 0.179. The first-order valence-electron chi connectivity index (χ1n) is 5.78. The van der Waals surface area contributed by atoms with Gasteiger partial charge in [0.25, 0.3) is 0 Å². The Morgan fingerprint density at radius 2 is 1.89 bits per heavy atom. The fraction of sp³-hybridized carbons (Fsp3) is 0.143. The second-order valence-corrected chi connectivity index (χ2v) is 4.42. The summed E-state index contributed by atoms with van der Waals surface area (Å²) in [4.78, 5) is 1.49. The van der Waals surface area contributed by atoms with Crippen LogP contribution in [0.2, 0.25) is 0 Å². The number of aryl methyl sites for hydroxylation is 2. The lowest BCUT2D eigenvalue weighted by atomic mass is 10.2. The van der Waals surface area contributed by atoms with Crippen molar-refractivity contribution in [2.75, 3.05) is 0 Å². The molecule has 1 N–H and O–H groups in total. The summed E-state index contributed by atoms with van der Waals surface area (Å²) in [6, 6.07) is 11.2. The molecule has 4 nitrogen and oxygen atoms in total. The molecule has 0 spiro atoms. The highest BCUT2D eigenvalue weighted by molar-refractivity contribution is 5.77. The monoisotopic (exact) mass is 239 g/mol. The number of rotatable bonds is 1. The third-order valence-corrected chi connectivity index (χ3v) is 2.96. The molecule has 1 heterocycles. The van der Waals surface area contributed by atoms with Gasteiger partial charge in [-0.3, -0.25) is 0 Å². The Morgan fingerprint density at radius 3 is 2.67 bits per heavy atom. The first kappa shape index (κ1) is 10.8. The Hall–Kier alpha value is -2.36. The van der Waals surface area contributed by atoms with Crippen molar-refractivity contribution < 1.29 is 5.11 Å².